The lowest BCUT2D eigenvalue weighted by Gasteiger charge is -2.31. The molecule has 0 bridgehead atoms. The van der Waals surface area contributed by atoms with Crippen molar-refractivity contribution < 1.29 is 23.8 Å². The van der Waals surface area contributed by atoms with Gasteiger partial charge in [-0.2, -0.15) is 0 Å². The van der Waals surface area contributed by atoms with Crippen molar-refractivity contribution in [1.29, 1.82) is 0 Å². The number of aromatic nitrogens is 2. The number of benzene rings is 1. The third-order valence-electron chi connectivity index (χ3n) is 6.91. The third-order valence-corrected chi connectivity index (χ3v) is 7.99. The second-order valence-corrected chi connectivity index (χ2v) is 10.3. The van der Waals surface area contributed by atoms with Crippen molar-refractivity contribution in [3.05, 3.63) is 50.6 Å². The molecule has 9 heteroatoms. The van der Waals surface area contributed by atoms with Gasteiger partial charge in [0.05, 0.1) is 40.0 Å². The van der Waals surface area contributed by atoms with Gasteiger partial charge in [0.2, 0.25) is 0 Å². The fraction of sp³-hybridized carbons (Fsp3) is 0.400. The standard InChI is InChI=1S/C25H23FN2O5S/c1-4-25(31)15-7-18-20-13(9-28(18)23(29)14(15)10-32-24(25)30)12-5-6-34-22-19(12)17(27-20)8-16(26)21(22)33-11(2)3/h7-8,11,31H,4-6,9-10H2,1-3H3/t25-/m0/s1. The van der Waals surface area contributed by atoms with Crippen LogP contribution in [0.25, 0.3) is 22.3 Å². The number of nitrogens with zero attached hydrogens (tertiary/aromatic N) is 2. The highest BCUT2D eigenvalue weighted by Crippen LogP contribution is 2.48. The van der Waals surface area contributed by atoms with Crippen molar-refractivity contribution in [3.8, 4) is 17.1 Å². The maximum atomic E-state index is 15.1. The molecule has 0 unspecified atom stereocenters. The molecule has 5 heterocycles. The van der Waals surface area contributed by atoms with Crippen molar-refractivity contribution in [2.24, 2.45) is 0 Å². The van der Waals surface area contributed by atoms with Crippen LogP contribution in [0.3, 0.4) is 0 Å². The lowest BCUT2D eigenvalue weighted by atomic mass is 9.86. The quantitative estimate of drug-likeness (QED) is 0.446. The van der Waals surface area contributed by atoms with Crippen molar-refractivity contribution in [1.82, 2.24) is 9.55 Å². The highest BCUT2D eigenvalue weighted by atomic mass is 32.2. The van der Waals surface area contributed by atoms with E-state index in [1.54, 1.807) is 29.3 Å². The van der Waals surface area contributed by atoms with E-state index in [2.05, 4.69) is 0 Å². The minimum atomic E-state index is -1.88. The molecule has 0 saturated heterocycles. The number of carbonyl (C=O) groups excluding carboxylic acids is 1. The molecule has 2 aromatic heterocycles. The number of thioether (sulfide) groups is 1. The minimum Gasteiger partial charge on any atom is -0.487 e. The maximum absolute atomic E-state index is 15.1. The van der Waals surface area contributed by atoms with Gasteiger partial charge in [-0.1, -0.05) is 6.92 Å². The zero-order chi connectivity index (χ0) is 23.9. The summed E-state index contributed by atoms with van der Waals surface area (Å²) in [7, 11) is 0. The first-order chi connectivity index (χ1) is 16.2. The van der Waals surface area contributed by atoms with E-state index in [4.69, 9.17) is 14.5 Å². The first-order valence-corrected chi connectivity index (χ1v) is 12.4. The zero-order valence-electron chi connectivity index (χ0n) is 19.0. The number of fused-ring (bicyclic) bond motifs is 5. The molecule has 3 aliphatic rings. The highest BCUT2D eigenvalue weighted by molar-refractivity contribution is 7.99. The molecule has 3 aromatic rings. The molecule has 34 heavy (non-hydrogen) atoms. The smallest absolute Gasteiger partial charge is 0.343 e. The van der Waals surface area contributed by atoms with Gasteiger partial charge in [-0.25, -0.2) is 14.2 Å². The fourth-order valence-corrected chi connectivity index (χ4v) is 6.42. The fourth-order valence-electron chi connectivity index (χ4n) is 5.26. The zero-order valence-corrected chi connectivity index (χ0v) is 19.8. The van der Waals surface area contributed by atoms with Crippen molar-refractivity contribution >= 4 is 28.6 Å². The van der Waals surface area contributed by atoms with Gasteiger partial charge in [-0.05, 0) is 38.3 Å². The topological polar surface area (TPSA) is 90.7 Å². The van der Waals surface area contributed by atoms with Gasteiger partial charge < -0.3 is 19.1 Å². The van der Waals surface area contributed by atoms with Gasteiger partial charge in [0.15, 0.2) is 17.2 Å². The summed E-state index contributed by atoms with van der Waals surface area (Å²) >= 11 is 1.56. The summed E-state index contributed by atoms with van der Waals surface area (Å²) in [6, 6.07) is 3.08. The number of rotatable bonds is 3. The number of aryl methyl sites for hydroxylation is 1. The normalized spacial score (nSPS) is 20.2. The van der Waals surface area contributed by atoms with E-state index in [0.29, 0.717) is 23.4 Å². The summed E-state index contributed by atoms with van der Waals surface area (Å²) in [6.07, 6.45) is 0.664. The Balaban J connectivity index is 1.63. The second kappa shape index (κ2) is 7.29. The van der Waals surface area contributed by atoms with Crippen molar-refractivity contribution in [3.63, 3.8) is 0 Å². The Labute approximate surface area is 198 Å². The van der Waals surface area contributed by atoms with Crippen LogP contribution in [0.2, 0.25) is 0 Å². The molecule has 7 nitrogen and oxygen atoms in total. The van der Waals surface area contributed by atoms with E-state index in [9.17, 15) is 14.7 Å². The van der Waals surface area contributed by atoms with Crippen LogP contribution in [0.5, 0.6) is 5.75 Å². The number of cyclic esters (lactones) is 1. The third kappa shape index (κ3) is 2.77. The molecule has 0 fully saturated rings. The van der Waals surface area contributed by atoms with Crippen LogP contribution in [0.4, 0.5) is 4.39 Å². The molecule has 0 radical (unpaired) electrons. The number of hydrogen-bond donors (Lipinski definition) is 1. The van der Waals surface area contributed by atoms with Crippen LogP contribution < -0.4 is 10.3 Å². The lowest BCUT2D eigenvalue weighted by molar-refractivity contribution is -0.172. The Morgan fingerprint density at radius 2 is 2.09 bits per heavy atom. The van der Waals surface area contributed by atoms with Crippen LogP contribution in [-0.4, -0.2) is 32.5 Å². The highest BCUT2D eigenvalue weighted by Gasteiger charge is 2.45. The Hall–Kier alpha value is -2.91. The SMILES string of the molecule is CC[C@@]1(O)C(=O)OCc2c1cc1n(c2=O)Cc2c-1nc1cc(F)c(OC(C)C)c3c1c2CCS3. The Kier molecular flexibility index (Phi) is 4.64. The summed E-state index contributed by atoms with van der Waals surface area (Å²) < 4.78 is 27.7. The summed E-state index contributed by atoms with van der Waals surface area (Å²) in [4.78, 5) is 31.4. The first kappa shape index (κ1) is 21.6. The predicted octanol–water partition coefficient (Wildman–Crippen LogP) is 3.65. The molecule has 0 aliphatic carbocycles. The van der Waals surface area contributed by atoms with Crippen molar-refractivity contribution in [2.75, 3.05) is 5.75 Å². The number of aliphatic hydroxyl groups is 1. The maximum Gasteiger partial charge on any atom is 0.343 e. The molecule has 176 valence electrons. The first-order valence-electron chi connectivity index (χ1n) is 11.4. The number of pyridine rings is 2. The van der Waals surface area contributed by atoms with Gasteiger partial charge in [-0.15, -0.1) is 11.8 Å². The predicted molar refractivity (Wildman–Crippen MR) is 125 cm³/mol. The number of carbonyl (C=O) groups is 1. The average molecular weight is 483 g/mol. The van der Waals surface area contributed by atoms with Crippen LogP contribution in [0, 0.1) is 5.82 Å². The van der Waals surface area contributed by atoms with Crippen LogP contribution in [0.15, 0.2) is 21.8 Å². The Morgan fingerprint density at radius 3 is 2.82 bits per heavy atom. The van der Waals surface area contributed by atoms with E-state index in [-0.39, 0.29) is 41.6 Å². The van der Waals surface area contributed by atoms with Crippen LogP contribution in [-0.2, 0) is 34.7 Å². The van der Waals surface area contributed by atoms with Gasteiger partial charge in [-0.3, -0.25) is 4.79 Å². The van der Waals surface area contributed by atoms with Crippen molar-refractivity contribution in [2.45, 2.75) is 63.4 Å². The Bertz CT molecular complexity index is 1480. The van der Waals surface area contributed by atoms with E-state index < -0.39 is 17.4 Å². The van der Waals surface area contributed by atoms with Crippen LogP contribution in [0.1, 0.15) is 49.4 Å². The summed E-state index contributed by atoms with van der Waals surface area (Å²) in [6.45, 7) is 5.56. The number of hydrogen-bond acceptors (Lipinski definition) is 7. The van der Waals surface area contributed by atoms with E-state index >= 15 is 4.39 Å². The average Bonchev–Trinajstić information content (AvgIpc) is 3.18. The van der Waals surface area contributed by atoms with Gasteiger partial charge in [0.1, 0.15) is 6.61 Å². The lowest BCUT2D eigenvalue weighted by Crippen LogP contribution is -2.44. The molecule has 0 spiro atoms. The minimum absolute atomic E-state index is 0.0788. The second-order valence-electron chi connectivity index (χ2n) is 9.20. The number of esters is 1. The van der Waals surface area contributed by atoms with Crippen LogP contribution >= 0.6 is 11.8 Å². The van der Waals surface area contributed by atoms with E-state index in [1.807, 2.05) is 13.8 Å². The molecule has 3 aliphatic heterocycles. The molecule has 1 atom stereocenters. The summed E-state index contributed by atoms with van der Waals surface area (Å²) in [5.41, 5.74) is 1.97. The van der Waals surface area contributed by atoms with Gasteiger partial charge >= 0.3 is 5.97 Å². The number of ether oxygens (including phenoxy) is 2. The molecular formula is C25H23FN2O5S. The largest absolute Gasteiger partial charge is 0.487 e. The van der Waals surface area contributed by atoms with Gasteiger partial charge in [0, 0.05) is 28.3 Å². The molecular weight excluding hydrogens is 459 g/mol. The summed E-state index contributed by atoms with van der Waals surface area (Å²) in [5.74, 6) is -0.209. The molecule has 1 aromatic carbocycles. The summed E-state index contributed by atoms with van der Waals surface area (Å²) in [5, 5.41) is 11.9. The van der Waals surface area contributed by atoms with Gasteiger partial charge in [0.25, 0.3) is 5.56 Å². The molecule has 6 rings (SSSR count). The molecule has 0 amide bonds. The molecule has 0 saturated carbocycles. The Morgan fingerprint density at radius 1 is 1.29 bits per heavy atom. The molecule has 1 N–H and O–H groups in total. The van der Waals surface area contributed by atoms with E-state index in [1.165, 1.54) is 6.07 Å². The number of halogens is 1. The monoisotopic (exact) mass is 482 g/mol. The van der Waals surface area contributed by atoms with E-state index in [0.717, 1.165) is 33.6 Å².